The Bertz CT molecular complexity index is 709. The molecule has 284 valence electrons. The molecule has 0 aromatic rings. The van der Waals surface area contributed by atoms with E-state index in [2.05, 4.69) is 38.2 Å². The molecule has 7 nitrogen and oxygen atoms in total. The van der Waals surface area contributed by atoms with Crippen molar-refractivity contribution in [3.05, 3.63) is 24.3 Å². The van der Waals surface area contributed by atoms with Crippen molar-refractivity contribution >= 4 is 11.9 Å². The van der Waals surface area contributed by atoms with Crippen molar-refractivity contribution in [1.29, 1.82) is 0 Å². The summed E-state index contributed by atoms with van der Waals surface area (Å²) >= 11 is 0. The normalized spacial score (nSPS) is 11.9. The van der Waals surface area contributed by atoms with Gasteiger partial charge in [-0.3, -0.25) is 9.59 Å². The monoisotopic (exact) mass is 682 g/mol. The maximum Gasteiger partial charge on any atom is 0.306 e. The first kappa shape index (κ1) is 48.4. The number of nitrogens with two attached hydrogens (primary N) is 1. The number of hydrogen-bond donors (Lipinski definition) is 3. The van der Waals surface area contributed by atoms with Crippen LogP contribution in [0.4, 0.5) is 0 Å². The van der Waals surface area contributed by atoms with E-state index in [1.165, 1.54) is 116 Å². The Morgan fingerprint density at radius 2 is 0.875 bits per heavy atom. The van der Waals surface area contributed by atoms with Gasteiger partial charge in [-0.15, -0.1) is 0 Å². The highest BCUT2D eigenvalue weighted by Crippen LogP contribution is 2.12. The molecular weight excluding hydrogens is 602 g/mol. The van der Waals surface area contributed by atoms with Gasteiger partial charge in [0.1, 0.15) is 6.61 Å². The topological polar surface area (TPSA) is 119 Å². The van der Waals surface area contributed by atoms with E-state index in [1.54, 1.807) is 0 Å². The highest BCUT2D eigenvalue weighted by molar-refractivity contribution is 5.70. The molecule has 0 amide bonds. The highest BCUT2D eigenvalue weighted by atomic mass is 16.6. The first-order chi connectivity index (χ1) is 23.5. The second-order valence-electron chi connectivity index (χ2n) is 13.2. The van der Waals surface area contributed by atoms with Crippen molar-refractivity contribution in [3.8, 4) is 0 Å². The van der Waals surface area contributed by atoms with E-state index in [-0.39, 0.29) is 31.8 Å². The Balaban J connectivity index is 0. The molecule has 0 radical (unpaired) electrons. The van der Waals surface area contributed by atoms with Gasteiger partial charge in [0.2, 0.25) is 0 Å². The van der Waals surface area contributed by atoms with Gasteiger partial charge < -0.3 is 25.4 Å². The Labute approximate surface area is 296 Å². The molecule has 0 spiro atoms. The quantitative estimate of drug-likeness (QED) is 0.0346. The fourth-order valence-corrected chi connectivity index (χ4v) is 5.31. The molecule has 48 heavy (non-hydrogen) atoms. The van der Waals surface area contributed by atoms with E-state index in [9.17, 15) is 14.7 Å². The van der Waals surface area contributed by atoms with Crippen molar-refractivity contribution in [2.75, 3.05) is 26.4 Å². The van der Waals surface area contributed by atoms with Crippen LogP contribution in [0.2, 0.25) is 0 Å². The molecule has 7 heteroatoms. The molecule has 0 aromatic heterocycles. The number of hydrogen-bond acceptors (Lipinski definition) is 7. The molecular formula is C41H79NO6. The maximum atomic E-state index is 12.1. The summed E-state index contributed by atoms with van der Waals surface area (Å²) in [4.78, 5) is 24.2. The fraction of sp³-hybridized carbons (Fsp3) is 0.854. The molecule has 1 atom stereocenters. The summed E-state index contributed by atoms with van der Waals surface area (Å²) < 4.78 is 10.6. The van der Waals surface area contributed by atoms with E-state index in [0.717, 1.165) is 51.4 Å². The maximum absolute atomic E-state index is 12.1. The van der Waals surface area contributed by atoms with E-state index in [0.29, 0.717) is 19.4 Å². The lowest BCUT2D eigenvalue weighted by atomic mass is 10.1. The van der Waals surface area contributed by atoms with Gasteiger partial charge in [0.15, 0.2) is 6.10 Å². The number of aliphatic hydroxyl groups excluding tert-OH is 2. The largest absolute Gasteiger partial charge is 0.462 e. The molecule has 0 unspecified atom stereocenters. The standard InChI is InChI=1S/C39H72O5.C2H7NO/c1-3-5-7-9-11-13-15-17-19-21-23-25-27-29-31-33-38(41)43-36-37(35-40)44-39(42)34-32-30-28-26-24-22-20-18-16-14-12-10-8-6-4-2;3-1-2-4/h17-20,37,40H,3-16,21-36H2,1-2H3;4H,1-3H2/b19-17-,20-18-;/t37-;/m0./s1. The minimum Gasteiger partial charge on any atom is -0.462 e. The highest BCUT2D eigenvalue weighted by Gasteiger charge is 2.16. The minimum atomic E-state index is -0.774. The summed E-state index contributed by atoms with van der Waals surface area (Å²) in [5, 5.41) is 17.3. The van der Waals surface area contributed by atoms with Gasteiger partial charge in [-0.2, -0.15) is 0 Å². The smallest absolute Gasteiger partial charge is 0.306 e. The lowest BCUT2D eigenvalue weighted by molar-refractivity contribution is -0.161. The number of aliphatic hydroxyl groups is 2. The van der Waals surface area contributed by atoms with Crippen molar-refractivity contribution in [3.63, 3.8) is 0 Å². The lowest BCUT2D eigenvalue weighted by Gasteiger charge is -2.15. The van der Waals surface area contributed by atoms with Gasteiger partial charge >= 0.3 is 11.9 Å². The Kier molecular flexibility index (Phi) is 43.7. The summed E-state index contributed by atoms with van der Waals surface area (Å²) in [6, 6.07) is 0. The van der Waals surface area contributed by atoms with Gasteiger partial charge in [-0.05, 0) is 64.2 Å². The van der Waals surface area contributed by atoms with Crippen molar-refractivity contribution in [1.82, 2.24) is 0 Å². The van der Waals surface area contributed by atoms with Crippen LogP contribution in [0, 0.1) is 0 Å². The van der Waals surface area contributed by atoms with Gasteiger partial charge in [-0.25, -0.2) is 0 Å². The van der Waals surface area contributed by atoms with E-state index < -0.39 is 6.10 Å². The average molecular weight is 682 g/mol. The van der Waals surface area contributed by atoms with Crippen LogP contribution in [-0.4, -0.2) is 54.6 Å². The first-order valence-corrected chi connectivity index (χ1v) is 20.1. The van der Waals surface area contributed by atoms with Crippen LogP contribution in [0.1, 0.15) is 194 Å². The number of esters is 2. The lowest BCUT2D eigenvalue weighted by Crippen LogP contribution is -2.28. The second kappa shape index (κ2) is 43.3. The van der Waals surface area contributed by atoms with Crippen molar-refractivity contribution < 1.29 is 29.3 Å². The third-order valence-corrected chi connectivity index (χ3v) is 8.35. The number of carbonyl (C=O) groups excluding carboxylic acids is 2. The van der Waals surface area contributed by atoms with Crippen LogP contribution < -0.4 is 5.73 Å². The minimum absolute atomic E-state index is 0.0709. The van der Waals surface area contributed by atoms with E-state index in [1.807, 2.05) is 0 Å². The molecule has 0 saturated heterocycles. The predicted molar refractivity (Wildman–Crippen MR) is 203 cm³/mol. The summed E-state index contributed by atoms with van der Waals surface area (Å²) in [7, 11) is 0. The Morgan fingerprint density at radius 3 is 1.23 bits per heavy atom. The van der Waals surface area contributed by atoms with Crippen LogP contribution in [0.25, 0.3) is 0 Å². The molecule has 0 bridgehead atoms. The molecule has 0 saturated carbocycles. The van der Waals surface area contributed by atoms with Crippen LogP contribution in [0.5, 0.6) is 0 Å². The fourth-order valence-electron chi connectivity index (χ4n) is 5.31. The zero-order valence-corrected chi connectivity index (χ0v) is 31.6. The summed E-state index contributed by atoms with van der Waals surface area (Å²) in [5.74, 6) is -0.607. The van der Waals surface area contributed by atoms with Gasteiger partial charge in [0.25, 0.3) is 0 Å². The van der Waals surface area contributed by atoms with Gasteiger partial charge in [-0.1, -0.05) is 141 Å². The number of unbranched alkanes of at least 4 members (excludes halogenated alkanes) is 22. The molecule has 4 N–H and O–H groups in total. The van der Waals surface area contributed by atoms with Gasteiger partial charge in [0.05, 0.1) is 13.2 Å². The number of ether oxygens (including phenoxy) is 2. The first-order valence-electron chi connectivity index (χ1n) is 20.1. The van der Waals surface area contributed by atoms with Gasteiger partial charge in [0, 0.05) is 19.4 Å². The molecule has 0 aromatic carbocycles. The molecule has 0 aliphatic carbocycles. The Morgan fingerprint density at radius 1 is 0.542 bits per heavy atom. The molecule has 0 heterocycles. The zero-order chi connectivity index (χ0) is 35.6. The number of carbonyl (C=O) groups is 2. The molecule has 0 aliphatic rings. The van der Waals surface area contributed by atoms with Crippen LogP contribution in [0.15, 0.2) is 24.3 Å². The third-order valence-electron chi connectivity index (χ3n) is 8.35. The van der Waals surface area contributed by atoms with Crippen LogP contribution in [0.3, 0.4) is 0 Å². The molecule has 0 rings (SSSR count). The van der Waals surface area contributed by atoms with E-state index in [4.69, 9.17) is 20.3 Å². The average Bonchev–Trinajstić information content (AvgIpc) is 3.10. The van der Waals surface area contributed by atoms with Crippen LogP contribution in [-0.2, 0) is 19.1 Å². The van der Waals surface area contributed by atoms with E-state index >= 15 is 0 Å². The predicted octanol–water partition coefficient (Wildman–Crippen LogP) is 10.4. The number of allylic oxidation sites excluding steroid dienone is 4. The second-order valence-corrected chi connectivity index (χ2v) is 13.2. The number of rotatable bonds is 35. The SMILES string of the molecule is CCCCCCCC/C=C\CCCCCCCC(=O)OC[C@H](CO)OC(=O)CCCCCCC/C=C\CCCCCCCC.NCCO. The van der Waals surface area contributed by atoms with Crippen LogP contribution >= 0.6 is 0 Å². The zero-order valence-electron chi connectivity index (χ0n) is 31.6. The van der Waals surface area contributed by atoms with Crippen molar-refractivity contribution in [2.45, 2.75) is 200 Å². The summed E-state index contributed by atoms with van der Waals surface area (Å²) in [6.07, 6.45) is 40.9. The Hall–Kier alpha value is -1.70. The summed E-state index contributed by atoms with van der Waals surface area (Å²) in [5.41, 5.74) is 4.78. The molecule has 0 aliphatic heterocycles. The third kappa shape index (κ3) is 42.3. The summed E-state index contributed by atoms with van der Waals surface area (Å²) in [6.45, 7) is 4.58. The van der Waals surface area contributed by atoms with Crippen molar-refractivity contribution in [2.24, 2.45) is 5.73 Å². The molecule has 0 fully saturated rings.